The summed E-state index contributed by atoms with van der Waals surface area (Å²) in [4.78, 5) is 0. The van der Waals surface area contributed by atoms with Crippen molar-refractivity contribution < 1.29 is 5.11 Å². The van der Waals surface area contributed by atoms with Gasteiger partial charge in [0.1, 0.15) is 0 Å². The van der Waals surface area contributed by atoms with E-state index in [1.54, 1.807) is 18.2 Å². The molecule has 1 N–H and O–H groups in total. The number of aliphatic hydroxyl groups is 1. The van der Waals surface area contributed by atoms with E-state index in [2.05, 4.69) is 0 Å². The average molecular weight is 219 g/mol. The van der Waals surface area contributed by atoms with Crippen molar-refractivity contribution in [1.82, 2.24) is 0 Å². The van der Waals surface area contributed by atoms with E-state index in [1.165, 1.54) is 0 Å². The van der Waals surface area contributed by atoms with Crippen LogP contribution in [-0.2, 0) is 0 Å². The minimum absolute atomic E-state index is 0.504. The minimum atomic E-state index is -0.504. The molecule has 1 rings (SSSR count). The van der Waals surface area contributed by atoms with Crippen molar-refractivity contribution in [2.75, 3.05) is 0 Å². The van der Waals surface area contributed by atoms with Crippen molar-refractivity contribution in [3.05, 3.63) is 33.8 Å². The first-order valence-corrected chi connectivity index (χ1v) is 5.03. The monoisotopic (exact) mass is 218 g/mol. The van der Waals surface area contributed by atoms with E-state index in [-0.39, 0.29) is 0 Å². The highest BCUT2D eigenvalue weighted by molar-refractivity contribution is 6.33. The Bertz CT molecular complexity index is 286. The number of benzene rings is 1. The number of rotatable bonds is 3. The van der Waals surface area contributed by atoms with Gasteiger partial charge in [-0.1, -0.05) is 36.5 Å². The highest BCUT2D eigenvalue weighted by atomic mass is 35.5. The second-order valence-corrected chi connectivity index (χ2v) is 3.81. The van der Waals surface area contributed by atoms with Crippen molar-refractivity contribution in [3.63, 3.8) is 0 Å². The zero-order valence-corrected chi connectivity index (χ0v) is 8.94. The van der Waals surface area contributed by atoms with E-state index in [4.69, 9.17) is 23.2 Å². The molecule has 0 spiro atoms. The molecular formula is C10H12Cl2O. The summed E-state index contributed by atoms with van der Waals surface area (Å²) < 4.78 is 0. The molecule has 0 aromatic heterocycles. The second kappa shape index (κ2) is 4.85. The van der Waals surface area contributed by atoms with Crippen LogP contribution in [0.1, 0.15) is 31.4 Å². The van der Waals surface area contributed by atoms with Crippen LogP contribution in [-0.4, -0.2) is 5.11 Å². The van der Waals surface area contributed by atoms with Gasteiger partial charge < -0.3 is 5.11 Å². The third-order valence-corrected chi connectivity index (χ3v) is 2.46. The maximum atomic E-state index is 9.68. The largest absolute Gasteiger partial charge is 0.388 e. The molecule has 0 heterocycles. The molecule has 13 heavy (non-hydrogen) atoms. The normalized spacial score (nSPS) is 12.9. The fourth-order valence-electron chi connectivity index (χ4n) is 1.20. The van der Waals surface area contributed by atoms with Crippen molar-refractivity contribution in [2.24, 2.45) is 0 Å². The van der Waals surface area contributed by atoms with Crippen LogP contribution in [0.5, 0.6) is 0 Å². The van der Waals surface area contributed by atoms with Crippen LogP contribution in [0, 0.1) is 0 Å². The Balaban J connectivity index is 2.91. The predicted octanol–water partition coefficient (Wildman–Crippen LogP) is 3.83. The van der Waals surface area contributed by atoms with E-state index in [0.717, 1.165) is 12.0 Å². The minimum Gasteiger partial charge on any atom is -0.388 e. The molecule has 0 aliphatic carbocycles. The summed E-state index contributed by atoms with van der Waals surface area (Å²) in [5.74, 6) is 0. The summed E-state index contributed by atoms with van der Waals surface area (Å²) in [6, 6.07) is 5.13. The first-order valence-electron chi connectivity index (χ1n) is 4.28. The van der Waals surface area contributed by atoms with Crippen molar-refractivity contribution >= 4 is 23.2 Å². The molecule has 0 saturated carbocycles. The Morgan fingerprint density at radius 2 is 2.08 bits per heavy atom. The van der Waals surface area contributed by atoms with Crippen LogP contribution in [0.25, 0.3) is 0 Å². The first-order chi connectivity index (χ1) is 6.15. The molecule has 1 atom stereocenters. The lowest BCUT2D eigenvalue weighted by atomic mass is 10.1. The van der Waals surface area contributed by atoms with Gasteiger partial charge >= 0.3 is 0 Å². The molecule has 0 aliphatic heterocycles. The highest BCUT2D eigenvalue weighted by Gasteiger charge is 2.10. The quantitative estimate of drug-likeness (QED) is 0.818. The Labute approximate surface area is 88.3 Å². The fourth-order valence-corrected chi connectivity index (χ4v) is 1.62. The van der Waals surface area contributed by atoms with Gasteiger partial charge in [0.25, 0.3) is 0 Å². The molecule has 1 nitrogen and oxygen atoms in total. The van der Waals surface area contributed by atoms with Crippen LogP contribution in [0.3, 0.4) is 0 Å². The van der Waals surface area contributed by atoms with E-state index in [9.17, 15) is 5.11 Å². The smallest absolute Gasteiger partial charge is 0.0804 e. The maximum Gasteiger partial charge on any atom is 0.0804 e. The highest BCUT2D eigenvalue weighted by Crippen LogP contribution is 2.28. The Morgan fingerprint density at radius 1 is 1.38 bits per heavy atom. The molecule has 1 aromatic carbocycles. The molecule has 0 bridgehead atoms. The molecule has 1 unspecified atom stereocenters. The zero-order valence-electron chi connectivity index (χ0n) is 7.43. The Kier molecular flexibility index (Phi) is 4.04. The molecule has 1 aromatic rings. The third-order valence-electron chi connectivity index (χ3n) is 1.88. The number of hydrogen-bond acceptors (Lipinski definition) is 1. The van der Waals surface area contributed by atoms with Crippen molar-refractivity contribution in [2.45, 2.75) is 25.9 Å². The van der Waals surface area contributed by atoms with Gasteiger partial charge in [-0.05, 0) is 24.6 Å². The zero-order chi connectivity index (χ0) is 9.84. The number of hydrogen-bond donors (Lipinski definition) is 1. The summed E-state index contributed by atoms with van der Waals surface area (Å²) in [6.45, 7) is 2.02. The van der Waals surface area contributed by atoms with Gasteiger partial charge in [-0.25, -0.2) is 0 Å². The van der Waals surface area contributed by atoms with Gasteiger partial charge in [-0.2, -0.15) is 0 Å². The molecule has 0 radical (unpaired) electrons. The van der Waals surface area contributed by atoms with Gasteiger partial charge in [0.15, 0.2) is 0 Å². The van der Waals surface area contributed by atoms with E-state index in [0.29, 0.717) is 16.5 Å². The molecule has 0 saturated heterocycles. The summed E-state index contributed by atoms with van der Waals surface area (Å²) in [5.41, 5.74) is 0.719. The first kappa shape index (κ1) is 10.8. The maximum absolute atomic E-state index is 9.68. The van der Waals surface area contributed by atoms with Gasteiger partial charge in [0, 0.05) is 15.6 Å². The van der Waals surface area contributed by atoms with E-state index in [1.807, 2.05) is 6.92 Å². The fraction of sp³-hybridized carbons (Fsp3) is 0.400. The second-order valence-electron chi connectivity index (χ2n) is 2.97. The lowest BCUT2D eigenvalue weighted by molar-refractivity contribution is 0.166. The number of halogens is 2. The summed E-state index contributed by atoms with van der Waals surface area (Å²) in [6.07, 6.45) is 1.13. The lowest BCUT2D eigenvalue weighted by Crippen LogP contribution is -1.97. The van der Waals surface area contributed by atoms with Crippen LogP contribution >= 0.6 is 23.2 Å². The third kappa shape index (κ3) is 2.87. The van der Waals surface area contributed by atoms with Crippen LogP contribution in [0.4, 0.5) is 0 Å². The van der Waals surface area contributed by atoms with Crippen LogP contribution in [0.2, 0.25) is 10.0 Å². The number of aliphatic hydroxyl groups excluding tert-OH is 1. The topological polar surface area (TPSA) is 20.2 Å². The van der Waals surface area contributed by atoms with Gasteiger partial charge in [0.05, 0.1) is 6.10 Å². The standard InChI is InChI=1S/C10H12Cl2O/c1-2-3-10(13)8-6-7(11)4-5-9(8)12/h4-6,10,13H,2-3H2,1H3. The van der Waals surface area contributed by atoms with Crippen molar-refractivity contribution in [3.8, 4) is 0 Å². The molecular weight excluding hydrogens is 207 g/mol. The lowest BCUT2D eigenvalue weighted by Gasteiger charge is -2.11. The van der Waals surface area contributed by atoms with Crippen LogP contribution < -0.4 is 0 Å². The summed E-state index contributed by atoms with van der Waals surface area (Å²) >= 11 is 11.7. The van der Waals surface area contributed by atoms with Gasteiger partial charge in [-0.3, -0.25) is 0 Å². The van der Waals surface area contributed by atoms with E-state index >= 15 is 0 Å². The SMILES string of the molecule is CCCC(O)c1cc(Cl)ccc1Cl. The summed E-state index contributed by atoms with van der Waals surface area (Å²) in [7, 11) is 0. The summed E-state index contributed by atoms with van der Waals surface area (Å²) in [5, 5.41) is 10.9. The molecule has 0 aliphatic rings. The average Bonchev–Trinajstić information content (AvgIpc) is 2.09. The predicted molar refractivity (Wildman–Crippen MR) is 56.3 cm³/mol. The molecule has 72 valence electrons. The van der Waals surface area contributed by atoms with Crippen molar-refractivity contribution in [1.29, 1.82) is 0 Å². The van der Waals surface area contributed by atoms with Gasteiger partial charge in [-0.15, -0.1) is 0 Å². The Hall–Kier alpha value is -0.240. The molecule has 0 amide bonds. The van der Waals surface area contributed by atoms with Gasteiger partial charge in [0.2, 0.25) is 0 Å². The van der Waals surface area contributed by atoms with E-state index < -0.39 is 6.10 Å². The molecule has 0 fully saturated rings. The molecule has 3 heteroatoms. The van der Waals surface area contributed by atoms with Crippen LogP contribution in [0.15, 0.2) is 18.2 Å². The Morgan fingerprint density at radius 3 is 2.69 bits per heavy atom.